The molecule has 11 heavy (non-hydrogen) atoms. The number of hydrogen-bond donors (Lipinski definition) is 1. The van der Waals surface area contributed by atoms with Crippen LogP contribution >= 0.6 is 23.1 Å². The Morgan fingerprint density at radius 1 is 1.36 bits per heavy atom. The Morgan fingerprint density at radius 3 is 2.27 bits per heavy atom. The number of hydrogen-bond acceptors (Lipinski definition) is 3. The zero-order valence-corrected chi connectivity index (χ0v) is 8.25. The molecule has 0 amide bonds. The van der Waals surface area contributed by atoms with Gasteiger partial charge in [-0.15, -0.1) is 11.8 Å². The fraction of sp³-hybridized carbons (Fsp3) is 0.500. The van der Waals surface area contributed by atoms with E-state index in [-0.39, 0.29) is 0 Å². The summed E-state index contributed by atoms with van der Waals surface area (Å²) < 4.78 is 0. The van der Waals surface area contributed by atoms with E-state index < -0.39 is 0 Å². The zero-order valence-electron chi connectivity index (χ0n) is 6.62. The van der Waals surface area contributed by atoms with E-state index in [1.165, 1.54) is 6.54 Å². The van der Waals surface area contributed by atoms with Crippen molar-refractivity contribution in [1.82, 2.24) is 5.32 Å². The van der Waals surface area contributed by atoms with E-state index in [2.05, 4.69) is 12.2 Å². The number of rotatable bonds is 0. The quantitative estimate of drug-likeness (QED) is 0.669. The molecule has 2 heterocycles. The third-order valence-electron chi connectivity index (χ3n) is 1.33. The van der Waals surface area contributed by atoms with Crippen molar-refractivity contribution in [2.24, 2.45) is 0 Å². The molecule has 1 aliphatic rings. The molecule has 1 N–H and O–H groups in total. The maximum atomic E-state index is 3.23. The molecule has 1 aliphatic heterocycles. The molecule has 0 aromatic carbocycles. The Hall–Kier alpha value is 0.01000. The van der Waals surface area contributed by atoms with Gasteiger partial charge < -0.3 is 5.32 Å². The minimum absolute atomic E-state index is 0.852. The van der Waals surface area contributed by atoms with E-state index in [1.807, 2.05) is 34.7 Å². The second-order valence-corrected chi connectivity index (χ2v) is 4.61. The maximum absolute atomic E-state index is 3.23. The van der Waals surface area contributed by atoms with Gasteiger partial charge in [-0.25, -0.2) is 0 Å². The van der Waals surface area contributed by atoms with Crippen LogP contribution in [0.3, 0.4) is 0 Å². The largest absolute Gasteiger partial charge is 0.307 e. The van der Waals surface area contributed by atoms with Crippen molar-refractivity contribution in [3.05, 3.63) is 22.9 Å². The lowest BCUT2D eigenvalue weighted by molar-refractivity contribution is 0.813. The second kappa shape index (κ2) is 5.63. The summed E-state index contributed by atoms with van der Waals surface area (Å²) >= 11 is 3.70. The van der Waals surface area contributed by atoms with Gasteiger partial charge in [-0.3, -0.25) is 0 Å². The Bertz CT molecular complexity index is 139. The summed E-state index contributed by atoms with van der Waals surface area (Å²) in [5.41, 5.74) is 0. The minimum Gasteiger partial charge on any atom is -0.307 e. The van der Waals surface area contributed by atoms with Gasteiger partial charge in [-0.1, -0.05) is 19.1 Å². The summed E-state index contributed by atoms with van der Waals surface area (Å²) in [6.07, 6.45) is 0. The van der Waals surface area contributed by atoms with E-state index in [4.69, 9.17) is 0 Å². The van der Waals surface area contributed by atoms with Crippen LogP contribution in [0.2, 0.25) is 0 Å². The average molecular weight is 187 g/mol. The van der Waals surface area contributed by atoms with Crippen LogP contribution in [0.4, 0.5) is 0 Å². The van der Waals surface area contributed by atoms with E-state index in [1.54, 1.807) is 11.3 Å². The normalized spacial score (nSPS) is 22.5. The summed E-state index contributed by atoms with van der Waals surface area (Å²) in [6.45, 7) is 3.44. The predicted octanol–water partition coefficient (Wildman–Crippen LogP) is 2.42. The van der Waals surface area contributed by atoms with Crippen LogP contribution in [0.5, 0.6) is 0 Å². The summed E-state index contributed by atoms with van der Waals surface area (Å²) in [7, 11) is 0. The monoisotopic (exact) mass is 187 g/mol. The first-order valence-electron chi connectivity index (χ1n) is 3.69. The van der Waals surface area contributed by atoms with Gasteiger partial charge in [0.1, 0.15) is 0 Å². The van der Waals surface area contributed by atoms with E-state index >= 15 is 0 Å². The molecule has 62 valence electrons. The summed E-state index contributed by atoms with van der Waals surface area (Å²) in [5.74, 6) is 1.15. The molecule has 0 radical (unpaired) electrons. The molecule has 1 saturated heterocycles. The van der Waals surface area contributed by atoms with Crippen molar-refractivity contribution in [2.75, 3.05) is 12.4 Å². The Labute approximate surface area is 76.2 Å². The smallest absolute Gasteiger partial charge is 0.0421 e. The summed E-state index contributed by atoms with van der Waals surface area (Å²) in [5, 5.41) is 8.17. The molecule has 0 aliphatic carbocycles. The lowest BCUT2D eigenvalue weighted by atomic mass is 10.5. The predicted molar refractivity (Wildman–Crippen MR) is 54.2 cm³/mol. The average Bonchev–Trinajstić information content (AvgIpc) is 2.57. The molecular formula is C8H13NS2. The van der Waals surface area contributed by atoms with Gasteiger partial charge in [0.25, 0.3) is 0 Å². The number of nitrogens with one attached hydrogen (secondary N) is 1. The molecule has 1 nitrogen and oxygen atoms in total. The van der Waals surface area contributed by atoms with E-state index in [0.717, 1.165) is 11.1 Å². The Morgan fingerprint density at radius 2 is 2.09 bits per heavy atom. The Kier molecular flexibility index (Phi) is 4.66. The fourth-order valence-corrected chi connectivity index (χ4v) is 1.96. The van der Waals surface area contributed by atoms with Crippen molar-refractivity contribution in [3.8, 4) is 0 Å². The van der Waals surface area contributed by atoms with Gasteiger partial charge in [0.05, 0.1) is 0 Å². The maximum Gasteiger partial charge on any atom is 0.0421 e. The lowest BCUT2D eigenvalue weighted by Gasteiger charge is -1.89. The van der Waals surface area contributed by atoms with Crippen molar-refractivity contribution < 1.29 is 0 Å². The lowest BCUT2D eigenvalue weighted by Crippen LogP contribution is -2.09. The highest BCUT2D eigenvalue weighted by Gasteiger charge is 2.06. The molecule has 1 atom stereocenters. The van der Waals surface area contributed by atoms with Gasteiger partial charge in [-0.05, 0) is 10.8 Å². The van der Waals surface area contributed by atoms with Gasteiger partial charge in [0, 0.05) is 17.7 Å². The SMILES string of the molecule is CC1CNCS1.c1ccsc1. The summed E-state index contributed by atoms with van der Waals surface area (Å²) in [6, 6.07) is 4.04. The molecular weight excluding hydrogens is 174 g/mol. The first-order valence-corrected chi connectivity index (χ1v) is 5.68. The van der Waals surface area contributed by atoms with Gasteiger partial charge >= 0.3 is 0 Å². The van der Waals surface area contributed by atoms with Crippen LogP contribution in [0.15, 0.2) is 22.9 Å². The van der Waals surface area contributed by atoms with Crippen LogP contribution < -0.4 is 5.32 Å². The third-order valence-corrected chi connectivity index (χ3v) is 3.06. The zero-order chi connectivity index (χ0) is 7.94. The molecule has 1 aromatic rings. The van der Waals surface area contributed by atoms with Crippen molar-refractivity contribution in [1.29, 1.82) is 0 Å². The Balaban J connectivity index is 0.000000112. The molecule has 3 heteroatoms. The van der Waals surface area contributed by atoms with Crippen LogP contribution in [-0.2, 0) is 0 Å². The minimum atomic E-state index is 0.852. The highest BCUT2D eigenvalue weighted by Crippen LogP contribution is 2.11. The summed E-state index contributed by atoms with van der Waals surface area (Å²) in [4.78, 5) is 0. The van der Waals surface area contributed by atoms with Gasteiger partial charge in [0.2, 0.25) is 0 Å². The van der Waals surface area contributed by atoms with Crippen molar-refractivity contribution in [2.45, 2.75) is 12.2 Å². The molecule has 2 rings (SSSR count). The molecule has 1 fully saturated rings. The van der Waals surface area contributed by atoms with Crippen LogP contribution in [-0.4, -0.2) is 17.7 Å². The van der Waals surface area contributed by atoms with E-state index in [0.29, 0.717) is 0 Å². The molecule has 1 unspecified atom stereocenters. The van der Waals surface area contributed by atoms with Crippen LogP contribution in [0.25, 0.3) is 0 Å². The van der Waals surface area contributed by atoms with Crippen molar-refractivity contribution in [3.63, 3.8) is 0 Å². The van der Waals surface area contributed by atoms with Gasteiger partial charge in [0.15, 0.2) is 0 Å². The highest BCUT2D eigenvalue weighted by molar-refractivity contribution is 8.00. The first-order chi connectivity index (χ1) is 5.39. The van der Waals surface area contributed by atoms with Crippen LogP contribution in [0.1, 0.15) is 6.92 Å². The second-order valence-electron chi connectivity index (χ2n) is 2.37. The molecule has 0 bridgehead atoms. The standard InChI is InChI=1S/C4H9NS.C4H4S/c1-4-2-5-3-6-4;1-2-4-5-3-1/h4-5H,2-3H2,1H3;1-4H. The van der Waals surface area contributed by atoms with E-state index in [9.17, 15) is 0 Å². The first kappa shape index (κ1) is 9.10. The van der Waals surface area contributed by atoms with Gasteiger partial charge in [-0.2, -0.15) is 11.3 Å². The molecule has 1 aromatic heterocycles. The fourth-order valence-electron chi connectivity index (χ4n) is 0.749. The number of thiophene rings is 1. The topological polar surface area (TPSA) is 12.0 Å². The third kappa shape index (κ3) is 4.45. The number of thioether (sulfide) groups is 1. The van der Waals surface area contributed by atoms with Crippen LogP contribution in [0, 0.1) is 0 Å². The van der Waals surface area contributed by atoms with Crippen molar-refractivity contribution >= 4 is 23.1 Å². The molecule has 0 spiro atoms. The highest BCUT2D eigenvalue weighted by atomic mass is 32.2. The molecule has 0 saturated carbocycles.